The molecule has 0 fully saturated rings. The molecule has 20 heavy (non-hydrogen) atoms. The summed E-state index contributed by atoms with van der Waals surface area (Å²) >= 11 is 0. The number of rotatable bonds is 4. The monoisotopic (exact) mass is 275 g/mol. The Labute approximate surface area is 118 Å². The maximum Gasteiger partial charge on any atom is 0.133 e. The maximum atomic E-state index is 14.0. The molecule has 0 aliphatic rings. The SMILES string of the molecule is CCC(NC)c1cccc(-c2cc(C)c(F)cc2F)c1. The van der Waals surface area contributed by atoms with Crippen LogP contribution in [0.2, 0.25) is 0 Å². The molecule has 0 radical (unpaired) electrons. The molecule has 0 saturated heterocycles. The minimum absolute atomic E-state index is 0.236. The van der Waals surface area contributed by atoms with E-state index in [1.165, 1.54) is 0 Å². The summed E-state index contributed by atoms with van der Waals surface area (Å²) in [6, 6.07) is 10.5. The first kappa shape index (κ1) is 14.7. The highest BCUT2D eigenvalue weighted by atomic mass is 19.1. The fourth-order valence-corrected chi connectivity index (χ4v) is 2.41. The van der Waals surface area contributed by atoms with Gasteiger partial charge in [0, 0.05) is 17.7 Å². The molecule has 2 rings (SSSR count). The summed E-state index contributed by atoms with van der Waals surface area (Å²) in [6.07, 6.45) is 0.949. The molecule has 3 heteroatoms. The Kier molecular flexibility index (Phi) is 4.50. The predicted octanol–water partition coefficient (Wildman–Crippen LogP) is 4.61. The van der Waals surface area contributed by atoms with Gasteiger partial charge in [-0.25, -0.2) is 8.78 Å². The Morgan fingerprint density at radius 1 is 1.10 bits per heavy atom. The van der Waals surface area contributed by atoms with E-state index < -0.39 is 11.6 Å². The molecule has 1 N–H and O–H groups in total. The molecular formula is C17H19F2N. The van der Waals surface area contributed by atoms with Gasteiger partial charge in [0.25, 0.3) is 0 Å². The highest BCUT2D eigenvalue weighted by Crippen LogP contribution is 2.28. The summed E-state index contributed by atoms with van der Waals surface area (Å²) in [6.45, 7) is 3.74. The van der Waals surface area contributed by atoms with Gasteiger partial charge in [-0.1, -0.05) is 25.1 Å². The topological polar surface area (TPSA) is 12.0 Å². The van der Waals surface area contributed by atoms with E-state index in [4.69, 9.17) is 0 Å². The molecule has 0 bridgehead atoms. The molecule has 0 amide bonds. The van der Waals surface area contributed by atoms with Crippen molar-refractivity contribution in [1.29, 1.82) is 0 Å². The second-order valence-corrected chi connectivity index (χ2v) is 4.96. The number of aryl methyl sites for hydroxylation is 1. The highest BCUT2D eigenvalue weighted by molar-refractivity contribution is 5.66. The minimum atomic E-state index is -0.525. The molecule has 2 aromatic rings. The quantitative estimate of drug-likeness (QED) is 0.859. The lowest BCUT2D eigenvalue weighted by Gasteiger charge is -2.16. The van der Waals surface area contributed by atoms with Gasteiger partial charge in [0.15, 0.2) is 0 Å². The third kappa shape index (κ3) is 2.88. The van der Waals surface area contributed by atoms with Crippen molar-refractivity contribution in [3.05, 3.63) is 59.2 Å². The first-order valence-corrected chi connectivity index (χ1v) is 6.80. The van der Waals surface area contributed by atoms with Crippen LogP contribution in [-0.2, 0) is 0 Å². The summed E-state index contributed by atoms with van der Waals surface area (Å²) < 4.78 is 27.3. The molecule has 0 aliphatic heterocycles. The third-order valence-corrected chi connectivity index (χ3v) is 3.61. The fraction of sp³-hybridized carbons (Fsp3) is 0.294. The van der Waals surface area contributed by atoms with Crippen LogP contribution >= 0.6 is 0 Å². The molecular weight excluding hydrogens is 256 g/mol. The lowest BCUT2D eigenvalue weighted by atomic mass is 9.97. The van der Waals surface area contributed by atoms with Crippen LogP contribution in [0.25, 0.3) is 11.1 Å². The maximum absolute atomic E-state index is 14.0. The Bertz CT molecular complexity index is 604. The zero-order chi connectivity index (χ0) is 14.7. The van der Waals surface area contributed by atoms with Crippen molar-refractivity contribution in [2.75, 3.05) is 7.05 Å². The van der Waals surface area contributed by atoms with Crippen LogP contribution in [0.15, 0.2) is 36.4 Å². The smallest absolute Gasteiger partial charge is 0.133 e. The van der Waals surface area contributed by atoms with Crippen LogP contribution in [0.1, 0.15) is 30.5 Å². The van der Waals surface area contributed by atoms with Gasteiger partial charge in [-0.05, 0) is 49.2 Å². The lowest BCUT2D eigenvalue weighted by molar-refractivity contribution is 0.575. The normalized spacial score (nSPS) is 12.4. The van der Waals surface area contributed by atoms with Crippen LogP contribution in [0.5, 0.6) is 0 Å². The number of hydrogen-bond acceptors (Lipinski definition) is 1. The second kappa shape index (κ2) is 6.14. The second-order valence-electron chi connectivity index (χ2n) is 4.96. The summed E-state index contributed by atoms with van der Waals surface area (Å²) in [7, 11) is 1.91. The average molecular weight is 275 g/mol. The Hall–Kier alpha value is -1.74. The van der Waals surface area contributed by atoms with Crippen molar-refractivity contribution in [1.82, 2.24) is 5.32 Å². The molecule has 0 aliphatic carbocycles. The Morgan fingerprint density at radius 2 is 1.85 bits per heavy atom. The molecule has 0 heterocycles. The average Bonchev–Trinajstić information content (AvgIpc) is 2.44. The van der Waals surface area contributed by atoms with E-state index in [9.17, 15) is 8.78 Å². The van der Waals surface area contributed by atoms with E-state index in [-0.39, 0.29) is 6.04 Å². The zero-order valence-electron chi connectivity index (χ0n) is 12.0. The van der Waals surface area contributed by atoms with E-state index in [0.29, 0.717) is 11.1 Å². The summed E-state index contributed by atoms with van der Waals surface area (Å²) in [5.74, 6) is -1.04. The molecule has 0 aromatic heterocycles. The zero-order valence-corrected chi connectivity index (χ0v) is 12.0. The summed E-state index contributed by atoms with van der Waals surface area (Å²) in [4.78, 5) is 0. The van der Waals surface area contributed by atoms with Crippen molar-refractivity contribution in [2.45, 2.75) is 26.3 Å². The number of benzene rings is 2. The van der Waals surface area contributed by atoms with Crippen molar-refractivity contribution < 1.29 is 8.78 Å². The number of hydrogen-bond donors (Lipinski definition) is 1. The van der Waals surface area contributed by atoms with Gasteiger partial charge in [0.1, 0.15) is 11.6 Å². The van der Waals surface area contributed by atoms with E-state index >= 15 is 0 Å². The Morgan fingerprint density at radius 3 is 2.50 bits per heavy atom. The van der Waals surface area contributed by atoms with Gasteiger partial charge in [-0.3, -0.25) is 0 Å². The van der Waals surface area contributed by atoms with Gasteiger partial charge in [-0.15, -0.1) is 0 Å². The van der Waals surface area contributed by atoms with Crippen LogP contribution < -0.4 is 5.32 Å². The number of nitrogens with one attached hydrogen (secondary N) is 1. The third-order valence-electron chi connectivity index (χ3n) is 3.61. The van der Waals surface area contributed by atoms with E-state index in [1.54, 1.807) is 13.0 Å². The Balaban J connectivity index is 2.48. The van der Waals surface area contributed by atoms with E-state index in [1.807, 2.05) is 31.3 Å². The summed E-state index contributed by atoms with van der Waals surface area (Å²) in [5, 5.41) is 3.23. The molecule has 1 atom stereocenters. The van der Waals surface area contributed by atoms with Crippen molar-refractivity contribution in [3.63, 3.8) is 0 Å². The molecule has 0 saturated carbocycles. The number of halogens is 2. The molecule has 2 aromatic carbocycles. The van der Waals surface area contributed by atoms with Crippen molar-refractivity contribution >= 4 is 0 Å². The summed E-state index contributed by atoms with van der Waals surface area (Å²) in [5.41, 5.74) is 2.77. The van der Waals surface area contributed by atoms with E-state index in [2.05, 4.69) is 12.2 Å². The fourth-order valence-electron chi connectivity index (χ4n) is 2.41. The van der Waals surface area contributed by atoms with Crippen LogP contribution in [0.3, 0.4) is 0 Å². The van der Waals surface area contributed by atoms with Crippen molar-refractivity contribution in [3.8, 4) is 11.1 Å². The molecule has 106 valence electrons. The highest BCUT2D eigenvalue weighted by Gasteiger charge is 2.12. The van der Waals surface area contributed by atoms with Gasteiger partial charge in [-0.2, -0.15) is 0 Å². The predicted molar refractivity (Wildman–Crippen MR) is 78.6 cm³/mol. The van der Waals surface area contributed by atoms with Crippen LogP contribution in [0, 0.1) is 18.6 Å². The van der Waals surface area contributed by atoms with Gasteiger partial charge in [0.05, 0.1) is 0 Å². The van der Waals surface area contributed by atoms with E-state index in [0.717, 1.165) is 23.6 Å². The minimum Gasteiger partial charge on any atom is -0.313 e. The first-order chi connectivity index (χ1) is 9.56. The standard InChI is InChI=1S/C17H19F2N/c1-4-17(20-3)13-7-5-6-12(9-13)14-8-11(2)15(18)10-16(14)19/h5-10,17,20H,4H2,1-3H3. The molecule has 1 nitrogen and oxygen atoms in total. The van der Waals surface area contributed by atoms with Crippen LogP contribution in [-0.4, -0.2) is 7.05 Å². The largest absolute Gasteiger partial charge is 0.313 e. The van der Waals surface area contributed by atoms with Gasteiger partial charge >= 0.3 is 0 Å². The first-order valence-electron chi connectivity index (χ1n) is 6.80. The van der Waals surface area contributed by atoms with Gasteiger partial charge in [0.2, 0.25) is 0 Å². The lowest BCUT2D eigenvalue weighted by Crippen LogP contribution is -2.15. The van der Waals surface area contributed by atoms with Crippen molar-refractivity contribution in [2.24, 2.45) is 0 Å². The van der Waals surface area contributed by atoms with Gasteiger partial charge < -0.3 is 5.32 Å². The van der Waals surface area contributed by atoms with Crippen LogP contribution in [0.4, 0.5) is 8.78 Å². The molecule has 1 unspecified atom stereocenters. The molecule has 0 spiro atoms.